The van der Waals surface area contributed by atoms with Crippen molar-refractivity contribution in [2.24, 2.45) is 0 Å². The first kappa shape index (κ1) is 7.71. The minimum absolute atomic E-state index is 0.199. The first-order valence-electron chi connectivity index (χ1n) is 3.24. The van der Waals surface area contributed by atoms with Crippen LogP contribution in [0, 0.1) is 0 Å². The van der Waals surface area contributed by atoms with Crippen LogP contribution in [0.2, 0.25) is 5.15 Å². The van der Waals surface area contributed by atoms with Crippen molar-refractivity contribution >= 4 is 28.9 Å². The summed E-state index contributed by atoms with van der Waals surface area (Å²) in [6.07, 6.45) is 3.31. The van der Waals surface area contributed by atoms with E-state index >= 15 is 0 Å². The van der Waals surface area contributed by atoms with Crippen LogP contribution in [0.5, 0.6) is 0 Å². The number of nitrogens with zero attached hydrogens (tertiary/aromatic N) is 2. The lowest BCUT2D eigenvalue weighted by molar-refractivity contribution is 1.05. The van der Waals surface area contributed by atoms with Gasteiger partial charge in [0.25, 0.3) is 5.56 Å². The van der Waals surface area contributed by atoms with Gasteiger partial charge in [-0.3, -0.25) is 4.79 Å². The molecule has 0 amide bonds. The van der Waals surface area contributed by atoms with Gasteiger partial charge in [0.2, 0.25) is 0 Å². The van der Waals surface area contributed by atoms with Gasteiger partial charge in [0.05, 0.1) is 0 Å². The molecule has 62 valence electrons. The summed E-state index contributed by atoms with van der Waals surface area (Å²) in [6, 6.07) is 3.43. The third kappa shape index (κ3) is 0.940. The van der Waals surface area contributed by atoms with Crippen molar-refractivity contribution in [3.8, 4) is 0 Å². The Morgan fingerprint density at radius 1 is 1.42 bits per heavy atom. The first-order valence-corrected chi connectivity index (χ1v) is 3.96. The minimum Gasteiger partial charge on any atom is -0.316 e. The Labute approximate surface area is 77.9 Å². The van der Waals surface area contributed by atoms with Gasteiger partial charge < -0.3 is 4.40 Å². The van der Waals surface area contributed by atoms with Gasteiger partial charge in [0.15, 0.2) is 0 Å². The Balaban J connectivity index is 3.05. The van der Waals surface area contributed by atoms with Crippen molar-refractivity contribution in [1.82, 2.24) is 8.49 Å². The number of rotatable bonds is 0. The number of aromatic nitrogens is 2. The Morgan fingerprint density at radius 3 is 2.92 bits per heavy atom. The molecular weight excluding hydrogens is 199 g/mol. The van der Waals surface area contributed by atoms with Crippen LogP contribution >= 0.6 is 23.4 Å². The second kappa shape index (κ2) is 2.54. The molecule has 2 aromatic heterocycles. The Morgan fingerprint density at radius 2 is 2.17 bits per heavy atom. The molecule has 0 saturated carbocycles. The quantitative estimate of drug-likeness (QED) is 0.640. The summed E-state index contributed by atoms with van der Waals surface area (Å²) in [5, 5.41) is 0.199. The van der Waals surface area contributed by atoms with Crippen LogP contribution in [-0.4, -0.2) is 8.49 Å². The van der Waals surface area contributed by atoms with Gasteiger partial charge in [-0.15, -0.1) is 0 Å². The van der Waals surface area contributed by atoms with Gasteiger partial charge in [0.1, 0.15) is 10.7 Å². The summed E-state index contributed by atoms with van der Waals surface area (Å²) in [7, 11) is 0. The molecule has 0 N–H and O–H groups in total. The van der Waals surface area contributed by atoms with Crippen molar-refractivity contribution in [1.29, 1.82) is 0 Å². The smallest absolute Gasteiger partial charge is 0.290 e. The molecule has 0 aliphatic rings. The molecule has 12 heavy (non-hydrogen) atoms. The van der Waals surface area contributed by atoms with E-state index in [1.165, 1.54) is 0 Å². The van der Waals surface area contributed by atoms with Gasteiger partial charge in [-0.1, -0.05) is 11.6 Å². The molecule has 0 bridgehead atoms. The maximum absolute atomic E-state index is 11.3. The molecule has 2 heterocycles. The molecular formula is C7H4Cl2N2O. The lowest BCUT2D eigenvalue weighted by atomic mass is 10.5. The van der Waals surface area contributed by atoms with Crippen LogP contribution in [0.15, 0.2) is 29.3 Å². The number of hydrogen-bond acceptors (Lipinski definition) is 1. The lowest BCUT2D eigenvalue weighted by Gasteiger charge is -1.99. The van der Waals surface area contributed by atoms with Crippen molar-refractivity contribution in [2.75, 3.05) is 0 Å². The number of halogens is 2. The molecule has 0 saturated heterocycles. The normalized spacial score (nSPS) is 10.8. The molecule has 0 aromatic carbocycles. The Bertz CT molecular complexity index is 486. The summed E-state index contributed by atoms with van der Waals surface area (Å²) in [5.74, 6) is 0. The zero-order chi connectivity index (χ0) is 8.72. The fourth-order valence-electron chi connectivity index (χ4n) is 1.05. The molecule has 2 rings (SSSR count). The fourth-order valence-corrected chi connectivity index (χ4v) is 1.36. The monoisotopic (exact) mass is 202 g/mol. The van der Waals surface area contributed by atoms with Crippen molar-refractivity contribution in [3.63, 3.8) is 0 Å². The number of hydrogen-bond donors (Lipinski definition) is 0. The summed E-state index contributed by atoms with van der Waals surface area (Å²) in [5.41, 5.74) is 0.198. The zero-order valence-electron chi connectivity index (χ0n) is 5.87. The van der Waals surface area contributed by atoms with E-state index in [1.54, 1.807) is 28.9 Å². The van der Waals surface area contributed by atoms with E-state index in [0.29, 0.717) is 5.52 Å². The van der Waals surface area contributed by atoms with Gasteiger partial charge in [-0.25, -0.2) is 4.09 Å². The lowest BCUT2D eigenvalue weighted by Crippen LogP contribution is -2.15. The molecule has 0 spiro atoms. The largest absolute Gasteiger partial charge is 0.316 e. The average Bonchev–Trinajstić information content (AvgIpc) is 2.48. The predicted octanol–water partition coefficient (Wildman–Crippen LogP) is 1.76. The molecule has 0 unspecified atom stereocenters. The topological polar surface area (TPSA) is 26.4 Å². The second-order valence-electron chi connectivity index (χ2n) is 2.34. The third-order valence-corrected chi connectivity index (χ3v) is 2.30. The van der Waals surface area contributed by atoms with Crippen molar-refractivity contribution in [2.45, 2.75) is 0 Å². The highest BCUT2D eigenvalue weighted by Gasteiger charge is 2.04. The zero-order valence-corrected chi connectivity index (χ0v) is 7.38. The number of fused-ring (bicyclic) bond motifs is 1. The second-order valence-corrected chi connectivity index (χ2v) is 3.06. The molecule has 5 heteroatoms. The highest BCUT2D eigenvalue weighted by atomic mass is 35.5. The van der Waals surface area contributed by atoms with Crippen LogP contribution in [0.4, 0.5) is 0 Å². The predicted molar refractivity (Wildman–Crippen MR) is 47.9 cm³/mol. The highest BCUT2D eigenvalue weighted by molar-refractivity contribution is 6.33. The molecule has 3 nitrogen and oxygen atoms in total. The highest BCUT2D eigenvalue weighted by Crippen LogP contribution is 2.09. The van der Waals surface area contributed by atoms with E-state index in [2.05, 4.69) is 0 Å². The van der Waals surface area contributed by atoms with Gasteiger partial charge in [-0.2, -0.15) is 0 Å². The molecule has 0 aliphatic heterocycles. The molecule has 0 fully saturated rings. The Kier molecular flexibility index (Phi) is 1.63. The summed E-state index contributed by atoms with van der Waals surface area (Å²) in [6.45, 7) is 0. The van der Waals surface area contributed by atoms with Crippen LogP contribution in [0.1, 0.15) is 0 Å². The molecule has 0 radical (unpaired) electrons. The summed E-state index contributed by atoms with van der Waals surface area (Å²) >= 11 is 11.2. The van der Waals surface area contributed by atoms with E-state index in [4.69, 9.17) is 23.4 Å². The van der Waals surface area contributed by atoms with Gasteiger partial charge >= 0.3 is 0 Å². The summed E-state index contributed by atoms with van der Waals surface area (Å²) < 4.78 is 2.51. The van der Waals surface area contributed by atoms with E-state index in [1.807, 2.05) is 0 Å². The molecule has 0 atom stereocenters. The average molecular weight is 203 g/mol. The van der Waals surface area contributed by atoms with Crippen LogP contribution in [-0.2, 0) is 0 Å². The van der Waals surface area contributed by atoms with E-state index in [9.17, 15) is 4.79 Å². The third-order valence-electron chi connectivity index (χ3n) is 1.61. The first-order chi connectivity index (χ1) is 5.70. The molecule has 0 aliphatic carbocycles. The molecule has 2 aromatic rings. The van der Waals surface area contributed by atoms with Crippen molar-refractivity contribution in [3.05, 3.63) is 40.0 Å². The minimum atomic E-state index is -0.311. The SMILES string of the molecule is O=c1c2cccn2cc(Cl)n1Cl. The van der Waals surface area contributed by atoms with Crippen LogP contribution < -0.4 is 5.56 Å². The van der Waals surface area contributed by atoms with Crippen LogP contribution in [0.25, 0.3) is 5.52 Å². The van der Waals surface area contributed by atoms with E-state index < -0.39 is 0 Å². The van der Waals surface area contributed by atoms with Gasteiger partial charge in [-0.05, 0) is 12.1 Å². The Hall–Kier alpha value is -0.930. The summed E-state index contributed by atoms with van der Waals surface area (Å²) in [4.78, 5) is 11.3. The fraction of sp³-hybridized carbons (Fsp3) is 0. The van der Waals surface area contributed by atoms with E-state index in [0.717, 1.165) is 4.09 Å². The standard InChI is InChI=1S/C7H4Cl2N2O/c8-6-4-10-3-1-2-5(10)7(12)11(6)9/h1-4H. The van der Waals surface area contributed by atoms with Gasteiger partial charge in [0, 0.05) is 24.2 Å². The maximum Gasteiger partial charge on any atom is 0.290 e. The van der Waals surface area contributed by atoms with Crippen molar-refractivity contribution < 1.29 is 0 Å². The maximum atomic E-state index is 11.3. The van der Waals surface area contributed by atoms with Crippen LogP contribution in [0.3, 0.4) is 0 Å². The van der Waals surface area contributed by atoms with E-state index in [-0.39, 0.29) is 10.7 Å².